The molecule has 1 aliphatic heterocycles. The van der Waals surface area contributed by atoms with Gasteiger partial charge in [-0.3, -0.25) is 4.90 Å². The first-order valence-corrected chi connectivity index (χ1v) is 9.94. The van der Waals surface area contributed by atoms with E-state index in [9.17, 15) is 4.79 Å². The van der Waals surface area contributed by atoms with E-state index in [4.69, 9.17) is 19.2 Å². The number of nitrogens with zero attached hydrogens (tertiary/aromatic N) is 2. The molecule has 1 fully saturated rings. The lowest BCUT2D eigenvalue weighted by molar-refractivity contribution is -0.917. The van der Waals surface area contributed by atoms with Crippen LogP contribution in [-0.4, -0.2) is 63.0 Å². The minimum atomic E-state index is -0.207. The highest BCUT2D eigenvalue weighted by Crippen LogP contribution is 2.33. The van der Waals surface area contributed by atoms with Gasteiger partial charge in [0.05, 0.1) is 47.0 Å². The number of carbonyl (C=O) groups excluding carboxylic acids is 1. The first kappa shape index (κ1) is 19.4. The zero-order valence-electron chi connectivity index (χ0n) is 16.0. The fourth-order valence-corrected chi connectivity index (χ4v) is 3.96. The Morgan fingerprint density at radius 2 is 1.96 bits per heavy atom. The molecule has 2 heterocycles. The standard InChI is InChI=1S/C19H25N3O4S/c1-4-26-19(23)22-9-7-21(8-10-22)12-15-13-27-18(20-15)14-5-6-16(24-2)17(11-14)25-3/h5-6,11,13H,4,7-10,12H2,1-3H3/p+1. The number of hydrogen-bond acceptors (Lipinski definition) is 6. The summed E-state index contributed by atoms with van der Waals surface area (Å²) in [7, 11) is 3.26. The summed E-state index contributed by atoms with van der Waals surface area (Å²) in [4.78, 5) is 19.8. The molecule has 1 N–H and O–H groups in total. The second-order valence-electron chi connectivity index (χ2n) is 6.33. The van der Waals surface area contributed by atoms with E-state index in [0.29, 0.717) is 18.1 Å². The SMILES string of the molecule is CCOC(=O)N1CC[NH+](Cc2csc(-c3ccc(OC)c(OC)c3)n2)CC1. The van der Waals surface area contributed by atoms with E-state index in [1.165, 1.54) is 4.90 Å². The molecule has 0 saturated carbocycles. The molecule has 2 aromatic rings. The van der Waals surface area contributed by atoms with E-state index < -0.39 is 0 Å². The normalized spacial score (nSPS) is 14.9. The third kappa shape index (κ3) is 4.70. The van der Waals surface area contributed by atoms with Gasteiger partial charge in [-0.2, -0.15) is 0 Å². The molecule has 0 bridgehead atoms. The molecule has 1 amide bonds. The summed E-state index contributed by atoms with van der Waals surface area (Å²) in [5, 5.41) is 3.08. The fourth-order valence-electron chi connectivity index (χ4n) is 3.14. The van der Waals surface area contributed by atoms with Crippen LogP contribution in [0, 0.1) is 0 Å². The lowest BCUT2D eigenvalue weighted by atomic mass is 10.2. The third-order valence-corrected chi connectivity index (χ3v) is 5.55. The molecule has 1 aromatic carbocycles. The zero-order valence-corrected chi connectivity index (χ0v) is 16.8. The summed E-state index contributed by atoms with van der Waals surface area (Å²) in [6, 6.07) is 5.84. The van der Waals surface area contributed by atoms with Crippen molar-refractivity contribution >= 4 is 17.4 Å². The number of quaternary nitrogens is 1. The van der Waals surface area contributed by atoms with Gasteiger partial charge < -0.3 is 19.1 Å². The molecule has 1 aromatic heterocycles. The predicted molar refractivity (Wildman–Crippen MR) is 104 cm³/mol. The van der Waals surface area contributed by atoms with Crippen molar-refractivity contribution < 1.29 is 23.9 Å². The highest BCUT2D eigenvalue weighted by molar-refractivity contribution is 7.13. The summed E-state index contributed by atoms with van der Waals surface area (Å²) < 4.78 is 15.7. The highest BCUT2D eigenvalue weighted by atomic mass is 32.1. The van der Waals surface area contributed by atoms with Crippen molar-refractivity contribution in [1.82, 2.24) is 9.88 Å². The Kier molecular flexibility index (Phi) is 6.52. The number of methoxy groups -OCH3 is 2. The minimum Gasteiger partial charge on any atom is -0.493 e. The monoisotopic (exact) mass is 392 g/mol. The van der Waals surface area contributed by atoms with Gasteiger partial charge in [-0.1, -0.05) is 0 Å². The number of nitrogens with one attached hydrogen (secondary N) is 1. The maximum Gasteiger partial charge on any atom is 0.410 e. The number of aromatic nitrogens is 1. The molecular formula is C19H26N3O4S+. The van der Waals surface area contributed by atoms with E-state index in [2.05, 4.69) is 5.38 Å². The molecule has 3 rings (SSSR count). The number of hydrogen-bond donors (Lipinski definition) is 1. The van der Waals surface area contributed by atoms with E-state index in [1.54, 1.807) is 30.5 Å². The smallest absolute Gasteiger partial charge is 0.410 e. The molecule has 1 aliphatic rings. The third-order valence-electron chi connectivity index (χ3n) is 4.61. The second-order valence-corrected chi connectivity index (χ2v) is 7.18. The van der Waals surface area contributed by atoms with Crippen LogP contribution in [0.15, 0.2) is 23.6 Å². The van der Waals surface area contributed by atoms with Crippen molar-refractivity contribution in [2.24, 2.45) is 0 Å². The summed E-state index contributed by atoms with van der Waals surface area (Å²) in [5.74, 6) is 1.41. The zero-order chi connectivity index (χ0) is 19.2. The first-order chi connectivity index (χ1) is 13.1. The van der Waals surface area contributed by atoms with E-state index in [1.807, 2.05) is 25.1 Å². The van der Waals surface area contributed by atoms with Gasteiger partial charge in [-0.25, -0.2) is 9.78 Å². The van der Waals surface area contributed by atoms with E-state index in [0.717, 1.165) is 49.0 Å². The van der Waals surface area contributed by atoms with Gasteiger partial charge >= 0.3 is 6.09 Å². The lowest BCUT2D eigenvalue weighted by Crippen LogP contribution is -3.13. The number of amides is 1. The Morgan fingerprint density at radius 1 is 1.22 bits per heavy atom. The first-order valence-electron chi connectivity index (χ1n) is 9.06. The van der Waals surface area contributed by atoms with Gasteiger partial charge in [0.25, 0.3) is 0 Å². The van der Waals surface area contributed by atoms with Crippen LogP contribution in [0.25, 0.3) is 10.6 Å². The summed E-state index contributed by atoms with van der Waals surface area (Å²) in [6.45, 7) is 6.37. The molecular weight excluding hydrogens is 366 g/mol. The Labute approximate surface area is 163 Å². The van der Waals surface area contributed by atoms with Gasteiger partial charge in [-0.15, -0.1) is 11.3 Å². The molecule has 0 spiro atoms. The Balaban J connectivity index is 1.60. The summed E-state index contributed by atoms with van der Waals surface area (Å²) >= 11 is 1.63. The van der Waals surface area contributed by atoms with Crippen molar-refractivity contribution in [2.45, 2.75) is 13.5 Å². The quantitative estimate of drug-likeness (QED) is 0.810. The fraction of sp³-hybridized carbons (Fsp3) is 0.474. The van der Waals surface area contributed by atoms with Crippen molar-refractivity contribution in [2.75, 3.05) is 47.0 Å². The van der Waals surface area contributed by atoms with Crippen LogP contribution in [0.4, 0.5) is 4.79 Å². The van der Waals surface area contributed by atoms with E-state index in [-0.39, 0.29) is 6.09 Å². The van der Waals surface area contributed by atoms with Crippen molar-refractivity contribution in [3.63, 3.8) is 0 Å². The highest BCUT2D eigenvalue weighted by Gasteiger charge is 2.25. The van der Waals surface area contributed by atoms with Gasteiger partial charge in [0, 0.05) is 10.9 Å². The van der Waals surface area contributed by atoms with Gasteiger partial charge in [-0.05, 0) is 25.1 Å². The van der Waals surface area contributed by atoms with Gasteiger partial charge in [0.1, 0.15) is 17.2 Å². The molecule has 1 saturated heterocycles. The van der Waals surface area contributed by atoms with Crippen LogP contribution in [-0.2, 0) is 11.3 Å². The molecule has 0 aliphatic carbocycles. The molecule has 0 unspecified atom stereocenters. The molecule has 8 heteroatoms. The van der Waals surface area contributed by atoms with Crippen LogP contribution in [0.5, 0.6) is 11.5 Å². The van der Waals surface area contributed by atoms with Crippen molar-refractivity contribution in [1.29, 1.82) is 0 Å². The van der Waals surface area contributed by atoms with Crippen LogP contribution in [0.3, 0.4) is 0 Å². The molecule has 146 valence electrons. The summed E-state index contributed by atoms with van der Waals surface area (Å²) in [6.07, 6.45) is -0.207. The number of piperazine rings is 1. The molecule has 7 nitrogen and oxygen atoms in total. The Morgan fingerprint density at radius 3 is 2.63 bits per heavy atom. The Bertz CT molecular complexity index is 772. The maximum absolute atomic E-state index is 11.8. The number of rotatable bonds is 6. The number of thiazole rings is 1. The summed E-state index contributed by atoms with van der Waals surface area (Å²) in [5.41, 5.74) is 2.09. The molecule has 0 atom stereocenters. The average Bonchev–Trinajstić information content (AvgIpc) is 3.16. The van der Waals surface area contributed by atoms with Crippen LogP contribution >= 0.6 is 11.3 Å². The van der Waals surface area contributed by atoms with Crippen LogP contribution in [0.2, 0.25) is 0 Å². The topological polar surface area (TPSA) is 65.3 Å². The van der Waals surface area contributed by atoms with Crippen LogP contribution < -0.4 is 14.4 Å². The number of ether oxygens (including phenoxy) is 3. The minimum absolute atomic E-state index is 0.207. The van der Waals surface area contributed by atoms with Crippen molar-refractivity contribution in [3.8, 4) is 22.1 Å². The molecule has 0 radical (unpaired) electrons. The molecule has 27 heavy (non-hydrogen) atoms. The predicted octanol–water partition coefficient (Wildman–Crippen LogP) is 1.68. The van der Waals surface area contributed by atoms with Crippen LogP contribution in [0.1, 0.15) is 12.6 Å². The largest absolute Gasteiger partial charge is 0.493 e. The lowest BCUT2D eigenvalue weighted by Gasteiger charge is -2.31. The average molecular weight is 393 g/mol. The maximum atomic E-state index is 11.8. The second kappa shape index (κ2) is 9.05. The van der Waals surface area contributed by atoms with Crippen molar-refractivity contribution in [3.05, 3.63) is 29.3 Å². The van der Waals surface area contributed by atoms with Gasteiger partial charge in [0.2, 0.25) is 0 Å². The Hall–Kier alpha value is -2.32. The number of benzene rings is 1. The van der Waals surface area contributed by atoms with Gasteiger partial charge in [0.15, 0.2) is 11.5 Å². The number of carbonyl (C=O) groups is 1. The van der Waals surface area contributed by atoms with E-state index >= 15 is 0 Å².